The molecule has 0 radical (unpaired) electrons. The molecule has 5 N–H and O–H groups in total. The number of H-pyrrole nitrogens is 1. The zero-order valence-corrected chi connectivity index (χ0v) is 16.9. The average molecular weight is 472 g/mol. The largest absolute Gasteiger partial charge is 0.527 e. The van der Waals surface area contributed by atoms with Crippen LogP contribution in [-0.4, -0.2) is 60.5 Å². The van der Waals surface area contributed by atoms with E-state index in [1.165, 1.54) is 0 Å². The first-order chi connectivity index (χ1) is 14.9. The number of aromatic nitrogens is 2. The van der Waals surface area contributed by atoms with Crippen LogP contribution in [0, 0.1) is 0 Å². The smallest absolute Gasteiger partial charge is 0.478 e. The van der Waals surface area contributed by atoms with E-state index in [4.69, 9.17) is 24.0 Å². The lowest BCUT2D eigenvalue weighted by atomic mass is 10.1. The topological polar surface area (TPSA) is 215 Å². The molecule has 1 aliphatic rings. The highest BCUT2D eigenvalue weighted by molar-refractivity contribution is 7.47. The fourth-order valence-electron chi connectivity index (χ4n) is 2.92. The summed E-state index contributed by atoms with van der Waals surface area (Å²) in [5, 5.41) is 28.2. The minimum atomic E-state index is -4.89. The molecule has 32 heavy (non-hydrogen) atoms. The lowest BCUT2D eigenvalue weighted by Crippen LogP contribution is -2.31. The molecule has 172 valence electrons. The maximum absolute atomic E-state index is 12.2. The standard InChI is InChI=1S/C17H17N2O12P/c20-11-6-14(19-2-1-13(21)18-17(19)26)30-12(11)7-29-32(27,28)31-10-4-8(15(22)23)3-9(5-10)16(24)25/h1-5,11-12,14,20H,6-7H2,(H,22,23)(H,24,25)(H,27,28)(H,18,21,26)/t11-,12+,14+/m0/s1. The number of ether oxygens (including phenoxy) is 1. The van der Waals surface area contributed by atoms with E-state index in [0.29, 0.717) is 0 Å². The second-order valence-electron chi connectivity index (χ2n) is 6.66. The Morgan fingerprint density at radius 1 is 1.19 bits per heavy atom. The number of hydrogen-bond donors (Lipinski definition) is 5. The second kappa shape index (κ2) is 9.06. The SMILES string of the molecule is O=C(O)c1cc(OP(=O)(O)OC[C@H]2O[C@@H](n3ccc(=O)[nH]c3=O)C[C@@H]2O)cc(C(=O)O)c1. The Bertz CT molecular complexity index is 1170. The average Bonchev–Trinajstić information content (AvgIpc) is 3.06. The van der Waals surface area contributed by atoms with Crippen molar-refractivity contribution in [3.63, 3.8) is 0 Å². The van der Waals surface area contributed by atoms with E-state index in [1.54, 1.807) is 0 Å². The van der Waals surface area contributed by atoms with Gasteiger partial charge >= 0.3 is 25.5 Å². The highest BCUT2D eigenvalue weighted by Crippen LogP contribution is 2.45. The molecule has 1 aromatic carbocycles. The molecule has 2 aromatic rings. The van der Waals surface area contributed by atoms with Crippen LogP contribution in [0.5, 0.6) is 5.75 Å². The molecule has 4 atom stereocenters. The molecule has 2 heterocycles. The monoisotopic (exact) mass is 472 g/mol. The molecule has 3 rings (SSSR count). The van der Waals surface area contributed by atoms with Crippen LogP contribution < -0.4 is 15.8 Å². The van der Waals surface area contributed by atoms with Crippen LogP contribution >= 0.6 is 7.82 Å². The maximum Gasteiger partial charge on any atom is 0.527 e. The lowest BCUT2D eigenvalue weighted by molar-refractivity contribution is -0.0447. The summed E-state index contributed by atoms with van der Waals surface area (Å²) < 4.78 is 28.2. The molecule has 0 saturated carbocycles. The Labute approximate surface area is 177 Å². The second-order valence-corrected chi connectivity index (χ2v) is 8.04. The van der Waals surface area contributed by atoms with Crippen molar-refractivity contribution >= 4 is 19.8 Å². The molecular weight excluding hydrogens is 455 g/mol. The Kier molecular flexibility index (Phi) is 6.62. The number of carbonyl (C=O) groups is 2. The van der Waals surface area contributed by atoms with Gasteiger partial charge in [-0.15, -0.1) is 0 Å². The van der Waals surface area contributed by atoms with Crippen LogP contribution in [0.25, 0.3) is 0 Å². The third kappa shape index (κ3) is 5.49. The maximum atomic E-state index is 12.2. The lowest BCUT2D eigenvalue weighted by Gasteiger charge is -2.18. The Hall–Kier alpha value is -3.29. The van der Waals surface area contributed by atoms with Crippen molar-refractivity contribution in [2.45, 2.75) is 24.9 Å². The number of aromatic carboxylic acids is 2. The zero-order chi connectivity index (χ0) is 23.6. The van der Waals surface area contributed by atoms with Crippen molar-refractivity contribution in [2.24, 2.45) is 0 Å². The number of phosphoric acid groups is 1. The van der Waals surface area contributed by atoms with Crippen molar-refractivity contribution in [3.8, 4) is 5.75 Å². The van der Waals surface area contributed by atoms with Crippen LogP contribution in [0.15, 0.2) is 40.1 Å². The number of hydrogen-bond acceptors (Lipinski definition) is 9. The predicted octanol–water partition coefficient (Wildman–Crippen LogP) is -0.223. The first-order valence-corrected chi connectivity index (χ1v) is 10.4. The number of aliphatic hydroxyl groups is 1. The van der Waals surface area contributed by atoms with E-state index in [9.17, 15) is 33.7 Å². The van der Waals surface area contributed by atoms with E-state index in [-0.39, 0.29) is 6.42 Å². The molecule has 0 amide bonds. The van der Waals surface area contributed by atoms with Crippen LogP contribution in [-0.2, 0) is 13.8 Å². The molecule has 15 heteroatoms. The molecule has 0 spiro atoms. The molecule has 1 saturated heterocycles. The van der Waals surface area contributed by atoms with Gasteiger partial charge in [-0.05, 0) is 18.2 Å². The number of aromatic amines is 1. The summed E-state index contributed by atoms with van der Waals surface area (Å²) in [5.41, 5.74) is -2.40. The van der Waals surface area contributed by atoms with Gasteiger partial charge in [-0.1, -0.05) is 0 Å². The number of carboxylic acids is 2. The summed E-state index contributed by atoms with van der Waals surface area (Å²) in [7, 11) is -4.89. The quantitative estimate of drug-likeness (QED) is 0.315. The van der Waals surface area contributed by atoms with Gasteiger partial charge in [-0.25, -0.2) is 18.9 Å². The number of benzene rings is 1. The van der Waals surface area contributed by atoms with Gasteiger partial charge < -0.3 is 24.6 Å². The Morgan fingerprint density at radius 2 is 1.81 bits per heavy atom. The first kappa shape index (κ1) is 23.4. The van der Waals surface area contributed by atoms with Gasteiger partial charge in [0.2, 0.25) is 0 Å². The molecule has 1 unspecified atom stereocenters. The summed E-state index contributed by atoms with van der Waals surface area (Å²) in [6.45, 7) is -0.659. The van der Waals surface area contributed by atoms with E-state index in [1.807, 2.05) is 4.98 Å². The predicted molar refractivity (Wildman–Crippen MR) is 103 cm³/mol. The third-order valence-corrected chi connectivity index (χ3v) is 5.31. The normalized spacial score (nSPS) is 22.2. The number of rotatable bonds is 8. The molecule has 14 nitrogen and oxygen atoms in total. The number of aliphatic hydroxyl groups excluding tert-OH is 1. The van der Waals surface area contributed by atoms with Crippen LogP contribution in [0.3, 0.4) is 0 Å². The number of carboxylic acid groups (broad SMARTS) is 2. The van der Waals surface area contributed by atoms with Gasteiger partial charge in [0.05, 0.1) is 23.8 Å². The highest BCUT2D eigenvalue weighted by atomic mass is 31.2. The van der Waals surface area contributed by atoms with Crippen molar-refractivity contribution in [1.82, 2.24) is 9.55 Å². The molecule has 0 aliphatic carbocycles. The highest BCUT2D eigenvalue weighted by Gasteiger charge is 2.38. The van der Waals surface area contributed by atoms with E-state index >= 15 is 0 Å². The van der Waals surface area contributed by atoms with Crippen molar-refractivity contribution in [2.75, 3.05) is 6.61 Å². The van der Waals surface area contributed by atoms with Gasteiger partial charge in [0, 0.05) is 18.7 Å². The summed E-state index contributed by atoms with van der Waals surface area (Å²) in [6.07, 6.45) is -2.25. The van der Waals surface area contributed by atoms with Gasteiger partial charge in [0.15, 0.2) is 0 Å². The fraction of sp³-hybridized carbons (Fsp3) is 0.294. The molecule has 0 bridgehead atoms. The summed E-state index contributed by atoms with van der Waals surface area (Å²) >= 11 is 0. The minimum absolute atomic E-state index is 0.0841. The van der Waals surface area contributed by atoms with Gasteiger partial charge in [-0.3, -0.25) is 23.8 Å². The van der Waals surface area contributed by atoms with Crippen LogP contribution in [0.1, 0.15) is 33.4 Å². The summed E-state index contributed by atoms with van der Waals surface area (Å²) in [6, 6.07) is 3.58. The Morgan fingerprint density at radius 3 is 2.38 bits per heavy atom. The van der Waals surface area contributed by atoms with Gasteiger partial charge in [0.1, 0.15) is 18.1 Å². The van der Waals surface area contributed by atoms with Crippen molar-refractivity contribution in [3.05, 3.63) is 62.4 Å². The minimum Gasteiger partial charge on any atom is -0.478 e. The summed E-state index contributed by atoms with van der Waals surface area (Å²) in [4.78, 5) is 57.2. The molecule has 1 fully saturated rings. The fourth-order valence-corrected chi connectivity index (χ4v) is 3.68. The van der Waals surface area contributed by atoms with Crippen molar-refractivity contribution in [1.29, 1.82) is 0 Å². The molecule has 1 aromatic heterocycles. The third-order valence-electron chi connectivity index (χ3n) is 4.39. The van der Waals surface area contributed by atoms with Crippen LogP contribution in [0.2, 0.25) is 0 Å². The Balaban J connectivity index is 1.68. The molecular formula is C17H17N2O12P. The number of nitrogens with zero attached hydrogens (tertiary/aromatic N) is 1. The van der Waals surface area contributed by atoms with E-state index in [2.05, 4.69) is 0 Å². The first-order valence-electron chi connectivity index (χ1n) is 8.89. The van der Waals surface area contributed by atoms with E-state index in [0.717, 1.165) is 35.0 Å². The van der Waals surface area contributed by atoms with Crippen LogP contribution in [0.4, 0.5) is 0 Å². The summed E-state index contributed by atoms with van der Waals surface area (Å²) in [5.74, 6) is -3.52. The number of nitrogens with one attached hydrogen (secondary N) is 1. The van der Waals surface area contributed by atoms with Crippen molar-refractivity contribution < 1.29 is 48.2 Å². The van der Waals surface area contributed by atoms with Gasteiger partial charge in [-0.2, -0.15) is 0 Å². The van der Waals surface area contributed by atoms with E-state index < -0.39 is 72.9 Å². The van der Waals surface area contributed by atoms with Gasteiger partial charge in [0.25, 0.3) is 5.56 Å². The molecule has 1 aliphatic heterocycles. The number of phosphoric ester groups is 1. The zero-order valence-electron chi connectivity index (χ0n) is 16.0.